The maximum atomic E-state index is 13.4. The Kier molecular flexibility index (Phi) is 9.10. The molecule has 168 valence electrons. The smallest absolute Gasteiger partial charge is 0.242 e. The second-order valence-electron chi connectivity index (χ2n) is 8.53. The van der Waals surface area contributed by atoms with E-state index in [0.717, 1.165) is 22.4 Å². The summed E-state index contributed by atoms with van der Waals surface area (Å²) in [6.45, 7) is 11.1. The fourth-order valence-corrected chi connectivity index (χ4v) is 3.46. The zero-order valence-corrected chi connectivity index (χ0v) is 19.7. The molecule has 0 aliphatic carbocycles. The molecule has 5 heteroatoms. The Bertz CT molecular complexity index is 875. The second-order valence-corrected chi connectivity index (χ2v) is 8.53. The number of ether oxygens (including phenoxy) is 1. The number of hydrogen-bond acceptors (Lipinski definition) is 3. The summed E-state index contributed by atoms with van der Waals surface area (Å²) in [4.78, 5) is 28.1. The van der Waals surface area contributed by atoms with Gasteiger partial charge in [0.05, 0.1) is 13.5 Å². The number of methoxy groups -OCH3 is 1. The topological polar surface area (TPSA) is 58.6 Å². The van der Waals surface area contributed by atoms with Crippen molar-refractivity contribution in [2.45, 2.75) is 60.0 Å². The van der Waals surface area contributed by atoms with Gasteiger partial charge in [-0.25, -0.2) is 0 Å². The van der Waals surface area contributed by atoms with Crippen molar-refractivity contribution >= 4 is 11.8 Å². The zero-order chi connectivity index (χ0) is 23.0. The van der Waals surface area contributed by atoms with Gasteiger partial charge in [0, 0.05) is 13.1 Å². The number of amides is 2. The van der Waals surface area contributed by atoms with Gasteiger partial charge in [0.2, 0.25) is 11.8 Å². The van der Waals surface area contributed by atoms with Gasteiger partial charge in [-0.05, 0) is 60.6 Å². The number of carbonyl (C=O) groups excluding carboxylic acids is 2. The number of nitrogens with zero attached hydrogens (tertiary/aromatic N) is 1. The average Bonchev–Trinajstić information content (AvgIpc) is 2.75. The van der Waals surface area contributed by atoms with Gasteiger partial charge in [0.1, 0.15) is 11.8 Å². The molecule has 0 saturated heterocycles. The maximum absolute atomic E-state index is 13.4. The molecule has 2 aromatic carbocycles. The summed E-state index contributed by atoms with van der Waals surface area (Å²) in [6.07, 6.45) is 0.823. The van der Waals surface area contributed by atoms with Crippen LogP contribution in [-0.4, -0.2) is 36.4 Å². The molecule has 1 N–H and O–H groups in total. The van der Waals surface area contributed by atoms with E-state index in [1.54, 1.807) is 12.0 Å². The summed E-state index contributed by atoms with van der Waals surface area (Å²) in [5, 5.41) is 3.00. The van der Waals surface area contributed by atoms with Crippen LogP contribution in [0.2, 0.25) is 0 Å². The number of benzene rings is 2. The standard InChI is InChI=1S/C26H36N2O3/c1-7-24(26(30)27-16-18(2)3)28(17-21-10-12-23(31-6)13-11-21)25(29)15-22-9-8-19(4)20(5)14-22/h8-14,18,24H,7,15-17H2,1-6H3,(H,27,30)/t24-/m0/s1. The average molecular weight is 425 g/mol. The Morgan fingerprint density at radius 3 is 2.19 bits per heavy atom. The first-order valence-corrected chi connectivity index (χ1v) is 11.0. The highest BCUT2D eigenvalue weighted by molar-refractivity contribution is 5.88. The molecule has 0 aromatic heterocycles. The van der Waals surface area contributed by atoms with E-state index in [2.05, 4.69) is 32.2 Å². The van der Waals surface area contributed by atoms with E-state index in [4.69, 9.17) is 4.74 Å². The van der Waals surface area contributed by atoms with Gasteiger partial charge in [-0.2, -0.15) is 0 Å². The SMILES string of the molecule is CC[C@@H](C(=O)NCC(C)C)N(Cc1ccc(OC)cc1)C(=O)Cc1ccc(C)c(C)c1. The van der Waals surface area contributed by atoms with Crippen LogP contribution in [0.3, 0.4) is 0 Å². The third-order valence-corrected chi connectivity index (χ3v) is 5.51. The van der Waals surface area contributed by atoms with Crippen molar-refractivity contribution in [1.82, 2.24) is 10.2 Å². The predicted molar refractivity (Wildman–Crippen MR) is 125 cm³/mol. The summed E-state index contributed by atoms with van der Waals surface area (Å²) in [5.74, 6) is 0.963. The fraction of sp³-hybridized carbons (Fsp3) is 0.462. The summed E-state index contributed by atoms with van der Waals surface area (Å²) in [7, 11) is 1.63. The molecular weight excluding hydrogens is 388 g/mol. The van der Waals surface area contributed by atoms with Crippen LogP contribution in [0.5, 0.6) is 5.75 Å². The summed E-state index contributed by atoms with van der Waals surface area (Å²) in [6, 6.07) is 13.2. The first kappa shape index (κ1) is 24.4. The predicted octanol–water partition coefficient (Wildman–Crippen LogP) is 4.43. The number of carbonyl (C=O) groups is 2. The van der Waals surface area contributed by atoms with Gasteiger partial charge in [0.25, 0.3) is 0 Å². The number of rotatable bonds is 10. The fourth-order valence-electron chi connectivity index (χ4n) is 3.46. The minimum absolute atomic E-state index is 0.0504. The lowest BCUT2D eigenvalue weighted by Gasteiger charge is -2.31. The first-order valence-electron chi connectivity index (χ1n) is 11.0. The molecule has 0 aliphatic rings. The Morgan fingerprint density at radius 2 is 1.65 bits per heavy atom. The van der Waals surface area contributed by atoms with Crippen LogP contribution in [0.15, 0.2) is 42.5 Å². The highest BCUT2D eigenvalue weighted by Crippen LogP contribution is 2.18. The highest BCUT2D eigenvalue weighted by Gasteiger charge is 2.28. The molecule has 5 nitrogen and oxygen atoms in total. The molecule has 0 unspecified atom stereocenters. The van der Waals surface area contributed by atoms with Crippen LogP contribution in [0, 0.1) is 19.8 Å². The van der Waals surface area contributed by atoms with E-state index in [9.17, 15) is 9.59 Å². The molecule has 2 aromatic rings. The molecule has 0 fully saturated rings. The van der Waals surface area contributed by atoms with Crippen molar-refractivity contribution in [3.63, 3.8) is 0 Å². The quantitative estimate of drug-likeness (QED) is 0.614. The molecule has 0 spiro atoms. The molecule has 0 bridgehead atoms. The van der Waals surface area contributed by atoms with Gasteiger partial charge < -0.3 is 15.0 Å². The lowest BCUT2D eigenvalue weighted by molar-refractivity contribution is -0.141. The van der Waals surface area contributed by atoms with Gasteiger partial charge in [-0.3, -0.25) is 9.59 Å². The Morgan fingerprint density at radius 1 is 1.00 bits per heavy atom. The van der Waals surface area contributed by atoms with Gasteiger partial charge in [-0.1, -0.05) is 51.1 Å². The first-order chi connectivity index (χ1) is 14.7. The Balaban J connectivity index is 2.28. The summed E-state index contributed by atoms with van der Waals surface area (Å²) < 4.78 is 5.24. The van der Waals surface area contributed by atoms with Crippen molar-refractivity contribution in [1.29, 1.82) is 0 Å². The largest absolute Gasteiger partial charge is 0.497 e. The van der Waals surface area contributed by atoms with Gasteiger partial charge >= 0.3 is 0 Å². The summed E-state index contributed by atoms with van der Waals surface area (Å²) >= 11 is 0. The monoisotopic (exact) mass is 424 g/mol. The molecule has 31 heavy (non-hydrogen) atoms. The maximum Gasteiger partial charge on any atom is 0.242 e. The van der Waals surface area contributed by atoms with Crippen LogP contribution in [0.25, 0.3) is 0 Å². The van der Waals surface area contributed by atoms with E-state index >= 15 is 0 Å². The molecule has 2 amide bonds. The van der Waals surface area contributed by atoms with E-state index in [1.807, 2.05) is 50.2 Å². The second kappa shape index (κ2) is 11.5. The lowest BCUT2D eigenvalue weighted by atomic mass is 10.0. The Hall–Kier alpha value is -2.82. The molecule has 0 aliphatic heterocycles. The van der Waals surface area contributed by atoms with E-state index in [1.165, 1.54) is 5.56 Å². The highest BCUT2D eigenvalue weighted by atomic mass is 16.5. The van der Waals surface area contributed by atoms with Gasteiger partial charge in [0.15, 0.2) is 0 Å². The van der Waals surface area contributed by atoms with E-state index in [0.29, 0.717) is 25.4 Å². The minimum atomic E-state index is -0.514. The van der Waals surface area contributed by atoms with Crippen molar-refractivity contribution in [2.24, 2.45) is 5.92 Å². The molecule has 0 radical (unpaired) electrons. The number of hydrogen-bond donors (Lipinski definition) is 1. The van der Waals surface area contributed by atoms with Crippen molar-refractivity contribution in [3.05, 3.63) is 64.7 Å². The van der Waals surface area contributed by atoms with Crippen molar-refractivity contribution in [3.8, 4) is 5.75 Å². The van der Waals surface area contributed by atoms with Crippen molar-refractivity contribution < 1.29 is 14.3 Å². The Labute approximate surface area is 186 Å². The zero-order valence-electron chi connectivity index (χ0n) is 19.7. The molecule has 0 heterocycles. The van der Waals surface area contributed by atoms with Crippen LogP contribution in [0.4, 0.5) is 0 Å². The van der Waals surface area contributed by atoms with Crippen LogP contribution < -0.4 is 10.1 Å². The van der Waals surface area contributed by atoms with Crippen molar-refractivity contribution in [2.75, 3.05) is 13.7 Å². The van der Waals surface area contributed by atoms with E-state index < -0.39 is 6.04 Å². The lowest BCUT2D eigenvalue weighted by Crippen LogP contribution is -2.50. The third kappa shape index (κ3) is 7.12. The van der Waals surface area contributed by atoms with Crippen LogP contribution >= 0.6 is 0 Å². The van der Waals surface area contributed by atoms with E-state index in [-0.39, 0.29) is 18.2 Å². The van der Waals surface area contributed by atoms with Crippen LogP contribution in [0.1, 0.15) is 49.4 Å². The van der Waals surface area contributed by atoms with Gasteiger partial charge in [-0.15, -0.1) is 0 Å². The normalized spacial score (nSPS) is 11.8. The molecule has 1 atom stereocenters. The molecule has 0 saturated carbocycles. The molecular formula is C26H36N2O3. The third-order valence-electron chi connectivity index (χ3n) is 5.51. The molecule has 2 rings (SSSR count). The minimum Gasteiger partial charge on any atom is -0.497 e. The summed E-state index contributed by atoms with van der Waals surface area (Å²) in [5.41, 5.74) is 4.29. The van der Waals surface area contributed by atoms with Crippen LogP contribution in [-0.2, 0) is 22.6 Å². The number of aryl methyl sites for hydroxylation is 2. The number of nitrogens with one attached hydrogen (secondary N) is 1.